The number of carbonyl (C=O) groups is 2. The molecule has 6 nitrogen and oxygen atoms in total. The number of nitrogens with zero attached hydrogens (tertiary/aromatic N) is 1. The molecule has 0 saturated heterocycles. The van der Waals surface area contributed by atoms with E-state index in [2.05, 4.69) is 5.32 Å². The number of benzene rings is 2. The molecule has 2 rings (SSSR count). The van der Waals surface area contributed by atoms with Gasteiger partial charge in [-0.3, -0.25) is 9.59 Å². The van der Waals surface area contributed by atoms with Gasteiger partial charge in [-0.2, -0.15) is 0 Å². The Morgan fingerprint density at radius 1 is 0.889 bits per heavy atom. The molecule has 0 saturated carbocycles. The maximum atomic E-state index is 11.8. The van der Waals surface area contributed by atoms with Gasteiger partial charge >= 0.3 is 0 Å². The zero-order chi connectivity index (χ0) is 19.6. The fourth-order valence-electron chi connectivity index (χ4n) is 2.41. The lowest BCUT2D eigenvalue weighted by atomic mass is 10.2. The second kappa shape index (κ2) is 10.2. The van der Waals surface area contributed by atoms with Crippen LogP contribution in [0.2, 0.25) is 0 Å². The largest absolute Gasteiger partial charge is 0.484 e. The third-order valence-electron chi connectivity index (χ3n) is 4.00. The van der Waals surface area contributed by atoms with Gasteiger partial charge < -0.3 is 19.7 Å². The summed E-state index contributed by atoms with van der Waals surface area (Å²) in [5.41, 5.74) is 1.17. The summed E-state index contributed by atoms with van der Waals surface area (Å²) in [6.07, 6.45) is 0. The number of likely N-dealkylation sites (N-methyl/N-ethyl adjacent to an activating group) is 1. The highest BCUT2D eigenvalue weighted by atomic mass is 16.5. The second-order valence-electron chi connectivity index (χ2n) is 6.02. The summed E-state index contributed by atoms with van der Waals surface area (Å²) in [5, 5.41) is 2.57. The molecule has 144 valence electrons. The summed E-state index contributed by atoms with van der Waals surface area (Å²) in [7, 11) is 0. The molecule has 0 atom stereocenters. The van der Waals surface area contributed by atoms with Crippen LogP contribution in [0.15, 0.2) is 48.5 Å². The van der Waals surface area contributed by atoms with Gasteiger partial charge in [0.2, 0.25) is 5.91 Å². The Morgan fingerprint density at radius 2 is 1.41 bits per heavy atom. The molecular formula is C21H26N2O4. The summed E-state index contributed by atoms with van der Waals surface area (Å²) in [5.74, 6) is 1.55. The first-order valence-corrected chi connectivity index (χ1v) is 9.03. The maximum Gasteiger partial charge on any atom is 0.258 e. The number of ether oxygens (including phenoxy) is 2. The predicted molar refractivity (Wildman–Crippen MR) is 104 cm³/mol. The number of amides is 2. The van der Waals surface area contributed by atoms with Gasteiger partial charge in [0.05, 0.1) is 6.54 Å². The maximum absolute atomic E-state index is 11.8. The normalized spacial score (nSPS) is 10.2. The molecule has 0 radical (unpaired) electrons. The van der Waals surface area contributed by atoms with E-state index in [1.54, 1.807) is 29.2 Å². The van der Waals surface area contributed by atoms with Gasteiger partial charge in [-0.1, -0.05) is 17.7 Å². The Hall–Kier alpha value is -3.02. The quantitative estimate of drug-likeness (QED) is 0.736. The van der Waals surface area contributed by atoms with Crippen LogP contribution in [-0.2, 0) is 9.59 Å². The first-order valence-electron chi connectivity index (χ1n) is 9.03. The zero-order valence-electron chi connectivity index (χ0n) is 16.0. The average Bonchev–Trinajstić information content (AvgIpc) is 2.68. The Labute approximate surface area is 160 Å². The number of carbonyl (C=O) groups excluding carboxylic acids is 2. The number of aryl methyl sites for hydroxylation is 1. The van der Waals surface area contributed by atoms with Crippen molar-refractivity contribution >= 4 is 11.8 Å². The van der Waals surface area contributed by atoms with Crippen molar-refractivity contribution in [2.75, 3.05) is 26.2 Å². The van der Waals surface area contributed by atoms with Crippen molar-refractivity contribution in [1.82, 2.24) is 10.2 Å². The molecular weight excluding hydrogens is 344 g/mol. The molecule has 0 aliphatic rings. The molecule has 2 aromatic rings. The number of rotatable bonds is 9. The zero-order valence-corrected chi connectivity index (χ0v) is 16.0. The first-order chi connectivity index (χ1) is 13.0. The fraction of sp³-hybridized carbons (Fsp3) is 0.333. The molecule has 1 N–H and O–H groups in total. The van der Waals surface area contributed by atoms with Crippen LogP contribution in [0.1, 0.15) is 19.4 Å². The number of hydrogen-bond donors (Lipinski definition) is 1. The topological polar surface area (TPSA) is 67.9 Å². The van der Waals surface area contributed by atoms with Crippen LogP contribution in [0, 0.1) is 6.92 Å². The van der Waals surface area contributed by atoms with E-state index in [0.29, 0.717) is 24.6 Å². The Bertz CT molecular complexity index is 738. The first kappa shape index (κ1) is 20.3. The van der Waals surface area contributed by atoms with E-state index < -0.39 is 0 Å². The molecule has 0 bridgehead atoms. The van der Waals surface area contributed by atoms with Crippen LogP contribution in [0.25, 0.3) is 0 Å². The van der Waals surface area contributed by atoms with Gasteiger partial charge in [0.15, 0.2) is 6.61 Å². The molecule has 0 heterocycles. The van der Waals surface area contributed by atoms with E-state index in [1.807, 2.05) is 45.0 Å². The molecule has 0 aromatic heterocycles. The van der Waals surface area contributed by atoms with E-state index in [4.69, 9.17) is 9.47 Å². The predicted octanol–water partition coefficient (Wildman–Crippen LogP) is 3.15. The van der Waals surface area contributed by atoms with Crippen LogP contribution in [-0.4, -0.2) is 43.0 Å². The van der Waals surface area contributed by atoms with Crippen molar-refractivity contribution in [3.8, 4) is 17.2 Å². The lowest BCUT2D eigenvalue weighted by Gasteiger charge is -2.18. The minimum absolute atomic E-state index is 0.0206. The number of hydrogen-bond acceptors (Lipinski definition) is 4. The highest BCUT2D eigenvalue weighted by molar-refractivity contribution is 5.85. The van der Waals surface area contributed by atoms with Crippen molar-refractivity contribution in [1.29, 1.82) is 0 Å². The number of nitrogens with one attached hydrogen (secondary N) is 1. The van der Waals surface area contributed by atoms with Gasteiger partial charge in [0.1, 0.15) is 17.2 Å². The Kier molecular flexibility index (Phi) is 7.67. The van der Waals surface area contributed by atoms with E-state index >= 15 is 0 Å². The summed E-state index contributed by atoms with van der Waals surface area (Å²) in [4.78, 5) is 25.3. The monoisotopic (exact) mass is 370 g/mol. The fourth-order valence-corrected chi connectivity index (χ4v) is 2.41. The third-order valence-corrected chi connectivity index (χ3v) is 4.00. The summed E-state index contributed by atoms with van der Waals surface area (Å²) in [6.45, 7) is 6.90. The molecule has 2 aromatic carbocycles. The highest BCUT2D eigenvalue weighted by Gasteiger charge is 2.11. The van der Waals surface area contributed by atoms with E-state index in [-0.39, 0.29) is 25.0 Å². The van der Waals surface area contributed by atoms with Crippen molar-refractivity contribution < 1.29 is 19.1 Å². The lowest BCUT2D eigenvalue weighted by molar-refractivity contribution is -0.133. The molecule has 2 amide bonds. The Morgan fingerprint density at radius 3 is 1.96 bits per heavy atom. The SMILES string of the molecule is CCN(CC)C(=O)CNC(=O)COc1ccc(Oc2ccc(C)cc2)cc1. The van der Waals surface area contributed by atoms with Crippen molar-refractivity contribution in [2.24, 2.45) is 0 Å². The summed E-state index contributed by atoms with van der Waals surface area (Å²) >= 11 is 0. The molecule has 0 aliphatic carbocycles. The smallest absolute Gasteiger partial charge is 0.258 e. The molecule has 0 fully saturated rings. The van der Waals surface area contributed by atoms with Gasteiger partial charge in [-0.15, -0.1) is 0 Å². The standard InChI is InChI=1S/C21H26N2O4/c1-4-23(5-2)21(25)14-22-20(24)15-26-17-10-12-19(13-11-17)27-18-8-6-16(3)7-9-18/h6-13H,4-5,14-15H2,1-3H3,(H,22,24). The molecule has 6 heteroatoms. The van der Waals surface area contributed by atoms with Crippen molar-refractivity contribution in [3.05, 3.63) is 54.1 Å². The van der Waals surface area contributed by atoms with E-state index in [1.165, 1.54) is 5.56 Å². The molecule has 0 aliphatic heterocycles. The van der Waals surface area contributed by atoms with Gasteiger partial charge in [-0.05, 0) is 57.2 Å². The second-order valence-corrected chi connectivity index (χ2v) is 6.02. The van der Waals surface area contributed by atoms with E-state index in [9.17, 15) is 9.59 Å². The molecule has 0 unspecified atom stereocenters. The van der Waals surface area contributed by atoms with Gasteiger partial charge in [0.25, 0.3) is 5.91 Å². The lowest BCUT2D eigenvalue weighted by Crippen LogP contribution is -2.41. The highest BCUT2D eigenvalue weighted by Crippen LogP contribution is 2.24. The van der Waals surface area contributed by atoms with Crippen LogP contribution < -0.4 is 14.8 Å². The Balaban J connectivity index is 1.76. The van der Waals surface area contributed by atoms with Gasteiger partial charge in [-0.25, -0.2) is 0 Å². The third kappa shape index (κ3) is 6.66. The van der Waals surface area contributed by atoms with Crippen molar-refractivity contribution in [2.45, 2.75) is 20.8 Å². The van der Waals surface area contributed by atoms with Crippen molar-refractivity contribution in [3.63, 3.8) is 0 Å². The van der Waals surface area contributed by atoms with Crippen LogP contribution in [0.5, 0.6) is 17.2 Å². The van der Waals surface area contributed by atoms with Gasteiger partial charge in [0, 0.05) is 13.1 Å². The average molecular weight is 370 g/mol. The summed E-state index contributed by atoms with van der Waals surface area (Å²) in [6, 6.07) is 14.8. The molecule has 27 heavy (non-hydrogen) atoms. The van der Waals surface area contributed by atoms with Crippen LogP contribution in [0.3, 0.4) is 0 Å². The summed E-state index contributed by atoms with van der Waals surface area (Å²) < 4.78 is 11.2. The van der Waals surface area contributed by atoms with E-state index in [0.717, 1.165) is 5.75 Å². The minimum atomic E-state index is -0.338. The minimum Gasteiger partial charge on any atom is -0.484 e. The van der Waals surface area contributed by atoms with Crippen LogP contribution in [0.4, 0.5) is 0 Å². The molecule has 0 spiro atoms. The van der Waals surface area contributed by atoms with Crippen LogP contribution >= 0.6 is 0 Å².